The van der Waals surface area contributed by atoms with E-state index < -0.39 is 25.0 Å². The highest BCUT2D eigenvalue weighted by Crippen LogP contribution is 2.57. The summed E-state index contributed by atoms with van der Waals surface area (Å²) in [6.45, 7) is -0.667. The fourth-order valence-corrected chi connectivity index (χ4v) is 3.89. The van der Waals surface area contributed by atoms with Crippen LogP contribution in [0, 0.1) is 24.2 Å². The van der Waals surface area contributed by atoms with E-state index in [2.05, 4.69) is 15.8 Å². The van der Waals surface area contributed by atoms with Gasteiger partial charge in [0.15, 0.2) is 0 Å². The number of hydrogen-bond acceptors (Lipinski definition) is 4. The number of carbonyl (C=O) groups excluding carboxylic acids is 1. The van der Waals surface area contributed by atoms with Crippen LogP contribution in [0.5, 0.6) is 0 Å². The normalized spacial score (nSPS) is 24.0. The van der Waals surface area contributed by atoms with Gasteiger partial charge in [-0.2, -0.15) is 18.3 Å². The molecule has 0 bridgehead atoms. The van der Waals surface area contributed by atoms with Crippen molar-refractivity contribution in [3.63, 3.8) is 0 Å². The van der Waals surface area contributed by atoms with Crippen molar-refractivity contribution < 1.29 is 27.8 Å². The second-order valence-corrected chi connectivity index (χ2v) is 7.23. The summed E-state index contributed by atoms with van der Waals surface area (Å²) in [5.74, 6) is 3.02. The van der Waals surface area contributed by atoms with E-state index >= 15 is 0 Å². The number of aromatic nitrogens is 2. The van der Waals surface area contributed by atoms with Crippen LogP contribution in [0.3, 0.4) is 0 Å². The predicted molar refractivity (Wildman–Crippen MR) is 96.2 cm³/mol. The molecule has 2 aromatic rings. The number of aliphatic hydroxyl groups excluding tert-OH is 1. The second kappa shape index (κ2) is 7.12. The van der Waals surface area contributed by atoms with Crippen molar-refractivity contribution in [1.29, 1.82) is 0 Å². The standard InChI is InChI=1S/C20H18F3N3O3/c1-2-12-3-5-13(6-4-12)26-8-7-16(24-26)18-14-9-25(10-15(14)18)19(28)29-17(11-27)20(21,22)23/h1,3-8,14-15,17-18,27H,9-11H2/t14-,15+,17-,18+/m0/s1. The first-order chi connectivity index (χ1) is 13.8. The Morgan fingerprint density at radius 2 is 1.93 bits per heavy atom. The minimum Gasteiger partial charge on any atom is -0.434 e. The van der Waals surface area contributed by atoms with Crippen molar-refractivity contribution in [3.8, 4) is 18.0 Å². The van der Waals surface area contributed by atoms with Gasteiger partial charge in [-0.25, -0.2) is 9.48 Å². The number of carbonyl (C=O) groups is 1. The SMILES string of the molecule is C#Cc1ccc(-n2ccc([C@H]3[C@@H]4CN(C(=O)O[C@@H](CO)C(F)(F)F)C[C@@H]43)n2)cc1. The monoisotopic (exact) mass is 405 g/mol. The molecule has 1 aliphatic carbocycles. The van der Waals surface area contributed by atoms with Crippen LogP contribution in [0.1, 0.15) is 17.2 Å². The van der Waals surface area contributed by atoms with Gasteiger partial charge in [-0.1, -0.05) is 5.92 Å². The fourth-order valence-electron chi connectivity index (χ4n) is 3.89. The number of alkyl halides is 3. The van der Waals surface area contributed by atoms with Crippen LogP contribution < -0.4 is 0 Å². The maximum atomic E-state index is 12.6. The van der Waals surface area contributed by atoms with Gasteiger partial charge in [0.25, 0.3) is 0 Å². The molecule has 2 fully saturated rings. The summed E-state index contributed by atoms with van der Waals surface area (Å²) in [6.07, 6.45) is -1.14. The topological polar surface area (TPSA) is 67.6 Å². The zero-order valence-electron chi connectivity index (χ0n) is 15.2. The Hall–Kier alpha value is -2.99. The molecular weight excluding hydrogens is 387 g/mol. The molecule has 0 spiro atoms. The Labute approximate surface area is 164 Å². The molecule has 1 amide bonds. The van der Waals surface area contributed by atoms with Crippen molar-refractivity contribution in [2.75, 3.05) is 19.7 Å². The molecule has 9 heteroatoms. The van der Waals surface area contributed by atoms with E-state index in [1.807, 2.05) is 36.5 Å². The molecule has 1 aromatic heterocycles. The Kier molecular flexibility index (Phi) is 4.74. The third kappa shape index (κ3) is 3.68. The Morgan fingerprint density at radius 1 is 1.28 bits per heavy atom. The number of hydrogen-bond donors (Lipinski definition) is 1. The van der Waals surface area contributed by atoms with E-state index in [9.17, 15) is 18.0 Å². The molecule has 2 heterocycles. The average molecular weight is 405 g/mol. The quantitative estimate of drug-likeness (QED) is 0.794. The highest BCUT2D eigenvalue weighted by Gasteiger charge is 2.59. The highest BCUT2D eigenvalue weighted by molar-refractivity contribution is 5.69. The summed E-state index contributed by atoms with van der Waals surface area (Å²) in [7, 11) is 0. The van der Waals surface area contributed by atoms with E-state index in [0.29, 0.717) is 13.1 Å². The second-order valence-electron chi connectivity index (χ2n) is 7.23. The van der Waals surface area contributed by atoms with Crippen molar-refractivity contribution in [1.82, 2.24) is 14.7 Å². The maximum Gasteiger partial charge on any atom is 0.427 e. The number of amides is 1. The number of benzene rings is 1. The molecule has 1 aromatic carbocycles. The van der Waals surface area contributed by atoms with Crippen molar-refractivity contribution in [2.24, 2.45) is 11.8 Å². The van der Waals surface area contributed by atoms with E-state index in [4.69, 9.17) is 11.5 Å². The fraction of sp³-hybridized carbons (Fsp3) is 0.400. The smallest absolute Gasteiger partial charge is 0.427 e. The van der Waals surface area contributed by atoms with Crippen molar-refractivity contribution >= 4 is 6.09 Å². The number of piperidine rings is 1. The first kappa shape index (κ1) is 19.3. The van der Waals surface area contributed by atoms with Gasteiger partial charge in [0.05, 0.1) is 18.0 Å². The molecule has 4 rings (SSSR count). The molecule has 1 N–H and O–H groups in total. The van der Waals surface area contributed by atoms with E-state index in [0.717, 1.165) is 16.9 Å². The van der Waals surface area contributed by atoms with Crippen LogP contribution in [0.15, 0.2) is 36.5 Å². The third-order valence-corrected chi connectivity index (χ3v) is 5.48. The molecule has 0 unspecified atom stereocenters. The average Bonchev–Trinajstić information content (AvgIpc) is 3.07. The van der Waals surface area contributed by atoms with Crippen LogP contribution in [-0.2, 0) is 4.74 Å². The van der Waals surface area contributed by atoms with Crippen LogP contribution in [-0.4, -0.2) is 57.9 Å². The van der Waals surface area contributed by atoms with Gasteiger partial charge in [-0.15, -0.1) is 6.42 Å². The number of fused-ring (bicyclic) bond motifs is 1. The summed E-state index contributed by atoms with van der Waals surface area (Å²) in [6, 6.07) is 9.30. The molecule has 0 radical (unpaired) electrons. The zero-order chi connectivity index (χ0) is 20.8. The molecule has 4 atom stereocenters. The molecule has 29 heavy (non-hydrogen) atoms. The van der Waals surface area contributed by atoms with E-state index in [-0.39, 0.29) is 17.8 Å². The number of likely N-dealkylation sites (tertiary alicyclic amines) is 1. The largest absolute Gasteiger partial charge is 0.434 e. The van der Waals surface area contributed by atoms with Gasteiger partial charge >= 0.3 is 12.3 Å². The molecule has 6 nitrogen and oxygen atoms in total. The zero-order valence-corrected chi connectivity index (χ0v) is 15.2. The van der Waals surface area contributed by atoms with Crippen molar-refractivity contribution in [2.45, 2.75) is 18.2 Å². The molecule has 1 saturated heterocycles. The van der Waals surface area contributed by atoms with Gasteiger partial charge in [-0.05, 0) is 42.2 Å². The predicted octanol–water partition coefficient (Wildman–Crippen LogP) is 2.56. The molecular formula is C20H18F3N3O3. The van der Waals surface area contributed by atoms with Gasteiger partial charge in [0.2, 0.25) is 6.10 Å². The summed E-state index contributed by atoms with van der Waals surface area (Å²) in [5, 5.41) is 13.4. The van der Waals surface area contributed by atoms with Crippen LogP contribution in [0.25, 0.3) is 5.69 Å². The number of ether oxygens (including phenoxy) is 1. The number of rotatable bonds is 4. The lowest BCUT2D eigenvalue weighted by molar-refractivity contribution is -0.214. The van der Waals surface area contributed by atoms with E-state index in [1.165, 1.54) is 4.90 Å². The third-order valence-electron chi connectivity index (χ3n) is 5.48. The highest BCUT2D eigenvalue weighted by atomic mass is 19.4. The summed E-state index contributed by atoms with van der Waals surface area (Å²) >= 11 is 0. The molecule has 152 valence electrons. The van der Waals surface area contributed by atoms with E-state index in [1.54, 1.807) is 4.68 Å². The van der Waals surface area contributed by atoms with Gasteiger partial charge in [-0.3, -0.25) is 0 Å². The number of halogens is 3. The van der Waals surface area contributed by atoms with Crippen molar-refractivity contribution in [3.05, 3.63) is 47.8 Å². The molecule has 1 aliphatic heterocycles. The number of terminal acetylenes is 1. The first-order valence-electron chi connectivity index (χ1n) is 9.07. The number of nitrogens with zero attached hydrogens (tertiary/aromatic N) is 3. The lowest BCUT2D eigenvalue weighted by atomic mass is 10.2. The summed E-state index contributed by atoms with van der Waals surface area (Å²) in [5.41, 5.74) is 2.53. The Morgan fingerprint density at radius 3 is 2.48 bits per heavy atom. The van der Waals surface area contributed by atoms with Crippen LogP contribution >= 0.6 is 0 Å². The Balaban J connectivity index is 1.35. The minimum atomic E-state index is -4.79. The minimum absolute atomic E-state index is 0.146. The van der Waals surface area contributed by atoms with Gasteiger partial charge in [0.1, 0.15) is 0 Å². The van der Waals surface area contributed by atoms with Gasteiger partial charge < -0.3 is 14.7 Å². The molecule has 2 aliphatic rings. The lowest BCUT2D eigenvalue weighted by Crippen LogP contribution is -2.42. The van der Waals surface area contributed by atoms with Crippen LogP contribution in [0.2, 0.25) is 0 Å². The number of aliphatic hydroxyl groups is 1. The summed E-state index contributed by atoms with van der Waals surface area (Å²) in [4.78, 5) is 13.2. The maximum absolute atomic E-state index is 12.6. The van der Waals surface area contributed by atoms with Crippen LogP contribution in [0.4, 0.5) is 18.0 Å². The molecule has 1 saturated carbocycles. The Bertz CT molecular complexity index is 936. The summed E-state index contributed by atoms with van der Waals surface area (Å²) < 4.78 is 44.1. The lowest BCUT2D eigenvalue weighted by Gasteiger charge is -2.24. The first-order valence-corrected chi connectivity index (χ1v) is 9.07. The van der Waals surface area contributed by atoms with Gasteiger partial charge in [0, 0.05) is 30.8 Å².